The molecule has 0 fully saturated rings. The van der Waals surface area contributed by atoms with Crippen LogP contribution in [0.2, 0.25) is 0 Å². The summed E-state index contributed by atoms with van der Waals surface area (Å²) in [7, 11) is 0. The van der Waals surface area contributed by atoms with Crippen molar-refractivity contribution in [3.8, 4) is 28.4 Å². The fraction of sp³-hybridized carbons (Fsp3) is 0.258. The van der Waals surface area contributed by atoms with Crippen LogP contribution in [-0.4, -0.2) is 57.5 Å². The normalized spacial score (nSPS) is 10.3. The second kappa shape index (κ2) is 15.7. The highest BCUT2D eigenvalue weighted by Crippen LogP contribution is 2.28. The van der Waals surface area contributed by atoms with Gasteiger partial charge in [0.05, 0.1) is 18.8 Å². The molecule has 0 saturated carbocycles. The van der Waals surface area contributed by atoms with Gasteiger partial charge in [-0.2, -0.15) is 0 Å². The van der Waals surface area contributed by atoms with E-state index >= 15 is 0 Å². The van der Waals surface area contributed by atoms with Gasteiger partial charge in [-0.3, -0.25) is 4.79 Å². The standard InChI is InChI=1S/C31H32O9/c1-4-30(33)39-20-19-38-27-10-5-24(6-11-27)26-9-14-29(22(2)21-26)40-31(34)25-7-12-28(13-8-25)37-18-16-35-15-17-36-23(3)32/h4-14,21H,1,15-20H2,2-3H3. The second-order valence-corrected chi connectivity index (χ2v) is 8.44. The van der Waals surface area contributed by atoms with Gasteiger partial charge in [-0.1, -0.05) is 24.8 Å². The average molecular weight is 549 g/mol. The number of esters is 3. The molecule has 0 aliphatic heterocycles. The van der Waals surface area contributed by atoms with Crippen molar-refractivity contribution in [1.82, 2.24) is 0 Å². The number of carbonyl (C=O) groups is 3. The van der Waals surface area contributed by atoms with Gasteiger partial charge in [0, 0.05) is 13.0 Å². The molecular formula is C31H32O9. The number of aryl methyl sites for hydroxylation is 1. The first kappa shape index (κ1) is 29.9. The third-order valence-electron chi connectivity index (χ3n) is 5.45. The van der Waals surface area contributed by atoms with E-state index in [1.807, 2.05) is 43.3 Å². The lowest BCUT2D eigenvalue weighted by Gasteiger charge is -2.11. The molecular weight excluding hydrogens is 516 g/mol. The van der Waals surface area contributed by atoms with Crippen LogP contribution in [-0.2, 0) is 23.8 Å². The Kier molecular flexibility index (Phi) is 11.7. The molecule has 0 aromatic heterocycles. The summed E-state index contributed by atoms with van der Waals surface area (Å²) in [5.41, 5.74) is 3.13. The molecule has 9 heteroatoms. The minimum Gasteiger partial charge on any atom is -0.491 e. The summed E-state index contributed by atoms with van der Waals surface area (Å²) >= 11 is 0. The van der Waals surface area contributed by atoms with Crippen LogP contribution < -0.4 is 14.2 Å². The molecule has 9 nitrogen and oxygen atoms in total. The molecule has 3 rings (SSSR count). The van der Waals surface area contributed by atoms with E-state index in [1.165, 1.54) is 6.92 Å². The summed E-state index contributed by atoms with van der Waals surface area (Å²) in [5.74, 6) is 0.406. The molecule has 40 heavy (non-hydrogen) atoms. The van der Waals surface area contributed by atoms with E-state index in [0.717, 1.165) is 22.8 Å². The number of hydrogen-bond donors (Lipinski definition) is 0. The molecule has 210 valence electrons. The van der Waals surface area contributed by atoms with E-state index in [1.54, 1.807) is 30.3 Å². The number of ether oxygens (including phenoxy) is 6. The molecule has 0 atom stereocenters. The van der Waals surface area contributed by atoms with Crippen LogP contribution in [0.25, 0.3) is 11.1 Å². The molecule has 0 aliphatic carbocycles. The number of hydrogen-bond acceptors (Lipinski definition) is 9. The summed E-state index contributed by atoms with van der Waals surface area (Å²) in [4.78, 5) is 34.4. The fourth-order valence-corrected chi connectivity index (χ4v) is 3.46. The molecule has 0 saturated heterocycles. The van der Waals surface area contributed by atoms with Gasteiger partial charge in [0.2, 0.25) is 0 Å². The van der Waals surface area contributed by atoms with Crippen LogP contribution >= 0.6 is 0 Å². The van der Waals surface area contributed by atoms with Crippen LogP contribution in [0.5, 0.6) is 17.2 Å². The molecule has 0 radical (unpaired) electrons. The lowest BCUT2D eigenvalue weighted by atomic mass is 10.0. The van der Waals surface area contributed by atoms with E-state index in [4.69, 9.17) is 28.4 Å². The molecule has 0 aliphatic rings. The first-order valence-corrected chi connectivity index (χ1v) is 12.6. The maximum atomic E-state index is 12.7. The van der Waals surface area contributed by atoms with E-state index < -0.39 is 11.9 Å². The Morgan fingerprint density at radius 3 is 1.93 bits per heavy atom. The number of carbonyl (C=O) groups excluding carboxylic acids is 3. The van der Waals surface area contributed by atoms with Crippen molar-refractivity contribution in [3.05, 3.63) is 90.5 Å². The number of rotatable bonds is 15. The number of benzene rings is 3. The summed E-state index contributed by atoms with van der Waals surface area (Å²) < 4.78 is 31.8. The van der Waals surface area contributed by atoms with E-state index in [-0.39, 0.29) is 25.8 Å². The van der Waals surface area contributed by atoms with Gasteiger partial charge in [-0.25, -0.2) is 9.59 Å². The van der Waals surface area contributed by atoms with E-state index in [2.05, 4.69) is 6.58 Å². The van der Waals surface area contributed by atoms with Crippen molar-refractivity contribution in [2.75, 3.05) is 39.6 Å². The van der Waals surface area contributed by atoms with Gasteiger partial charge in [0.15, 0.2) is 0 Å². The highest BCUT2D eigenvalue weighted by molar-refractivity contribution is 5.91. The summed E-state index contributed by atoms with van der Waals surface area (Å²) in [6, 6.07) is 19.7. The first-order chi connectivity index (χ1) is 19.4. The van der Waals surface area contributed by atoms with Crippen LogP contribution in [0.4, 0.5) is 0 Å². The van der Waals surface area contributed by atoms with Crippen LogP contribution in [0, 0.1) is 6.92 Å². The molecule has 3 aromatic rings. The van der Waals surface area contributed by atoms with Crippen LogP contribution in [0.1, 0.15) is 22.8 Å². The molecule has 0 bridgehead atoms. The monoisotopic (exact) mass is 548 g/mol. The van der Waals surface area contributed by atoms with Gasteiger partial charge in [-0.15, -0.1) is 0 Å². The SMILES string of the molecule is C=CC(=O)OCCOc1ccc(-c2ccc(OC(=O)c3ccc(OCCOCCOC(C)=O)cc3)c(C)c2)cc1. The Morgan fingerprint density at radius 1 is 0.725 bits per heavy atom. The van der Waals surface area contributed by atoms with Gasteiger partial charge in [0.25, 0.3) is 0 Å². The molecule has 0 amide bonds. The fourth-order valence-electron chi connectivity index (χ4n) is 3.46. The Bertz CT molecular complexity index is 1280. The molecule has 0 heterocycles. The maximum Gasteiger partial charge on any atom is 0.343 e. The van der Waals surface area contributed by atoms with Crippen molar-refractivity contribution < 1.29 is 42.8 Å². The first-order valence-electron chi connectivity index (χ1n) is 12.6. The van der Waals surface area contributed by atoms with Crippen LogP contribution in [0.15, 0.2) is 79.4 Å². The molecule has 0 spiro atoms. The largest absolute Gasteiger partial charge is 0.491 e. The smallest absolute Gasteiger partial charge is 0.343 e. The highest BCUT2D eigenvalue weighted by Gasteiger charge is 2.12. The quantitative estimate of drug-likeness (QED) is 0.113. The third kappa shape index (κ3) is 9.92. The topological polar surface area (TPSA) is 107 Å². The van der Waals surface area contributed by atoms with Crippen molar-refractivity contribution in [2.24, 2.45) is 0 Å². The van der Waals surface area contributed by atoms with E-state index in [9.17, 15) is 14.4 Å². The lowest BCUT2D eigenvalue weighted by Crippen LogP contribution is -2.12. The zero-order valence-electron chi connectivity index (χ0n) is 22.6. The van der Waals surface area contributed by atoms with E-state index in [0.29, 0.717) is 42.6 Å². The molecule has 3 aromatic carbocycles. The minimum atomic E-state index is -0.486. The van der Waals surface area contributed by atoms with Crippen molar-refractivity contribution in [2.45, 2.75) is 13.8 Å². The zero-order valence-corrected chi connectivity index (χ0v) is 22.6. The van der Waals surface area contributed by atoms with Gasteiger partial charge < -0.3 is 28.4 Å². The summed E-state index contributed by atoms with van der Waals surface area (Å²) in [6.07, 6.45) is 1.11. The van der Waals surface area contributed by atoms with Gasteiger partial charge >= 0.3 is 17.9 Å². The summed E-state index contributed by atoms with van der Waals surface area (Å²) in [5, 5.41) is 0. The van der Waals surface area contributed by atoms with Crippen molar-refractivity contribution >= 4 is 17.9 Å². The Hall–Kier alpha value is -4.63. The van der Waals surface area contributed by atoms with Gasteiger partial charge in [0.1, 0.15) is 43.7 Å². The predicted molar refractivity (Wildman–Crippen MR) is 148 cm³/mol. The molecule has 0 N–H and O–H groups in total. The maximum absolute atomic E-state index is 12.7. The highest BCUT2D eigenvalue weighted by atomic mass is 16.6. The average Bonchev–Trinajstić information content (AvgIpc) is 2.96. The Balaban J connectivity index is 1.46. The van der Waals surface area contributed by atoms with Gasteiger partial charge in [-0.05, 0) is 72.1 Å². The molecule has 0 unspecified atom stereocenters. The Labute approximate surface area is 233 Å². The third-order valence-corrected chi connectivity index (χ3v) is 5.45. The van der Waals surface area contributed by atoms with Crippen molar-refractivity contribution in [1.29, 1.82) is 0 Å². The predicted octanol–water partition coefficient (Wildman–Crippen LogP) is 4.95. The summed E-state index contributed by atoms with van der Waals surface area (Å²) in [6.45, 7) is 8.10. The second-order valence-electron chi connectivity index (χ2n) is 8.44. The zero-order chi connectivity index (χ0) is 28.7. The lowest BCUT2D eigenvalue weighted by molar-refractivity contribution is -0.142. The van der Waals surface area contributed by atoms with Crippen molar-refractivity contribution in [3.63, 3.8) is 0 Å². The Morgan fingerprint density at radius 2 is 1.30 bits per heavy atom. The minimum absolute atomic E-state index is 0.140. The van der Waals surface area contributed by atoms with Crippen LogP contribution in [0.3, 0.4) is 0 Å².